The Morgan fingerprint density at radius 3 is 2.13 bits per heavy atom. The smallest absolute Gasteiger partial charge is 0.180 e. The Labute approximate surface area is 177 Å². The molecular formula is C25H18N6. The molecule has 31 heavy (non-hydrogen) atoms. The molecular weight excluding hydrogens is 384 g/mol. The number of aromatic nitrogens is 4. The van der Waals surface area contributed by atoms with Crippen LogP contribution in [0.5, 0.6) is 0 Å². The molecule has 0 spiro atoms. The average Bonchev–Trinajstić information content (AvgIpc) is 3.32. The summed E-state index contributed by atoms with van der Waals surface area (Å²) in [6.45, 7) is 2.01. The van der Waals surface area contributed by atoms with E-state index in [0.29, 0.717) is 0 Å². The Morgan fingerprint density at radius 2 is 1.35 bits per heavy atom. The predicted octanol–water partition coefficient (Wildman–Crippen LogP) is 6.78. The second-order valence-corrected chi connectivity index (χ2v) is 7.43. The molecule has 0 aliphatic carbocycles. The van der Waals surface area contributed by atoms with Gasteiger partial charge in [-0.2, -0.15) is 5.11 Å². The van der Waals surface area contributed by atoms with Gasteiger partial charge < -0.3 is 0 Å². The van der Waals surface area contributed by atoms with Gasteiger partial charge in [-0.3, -0.25) is 5.10 Å². The Balaban J connectivity index is 1.65. The van der Waals surface area contributed by atoms with Crippen molar-refractivity contribution in [3.05, 3.63) is 90.6 Å². The van der Waals surface area contributed by atoms with Crippen LogP contribution < -0.4 is 0 Å². The zero-order chi connectivity index (χ0) is 20.8. The second-order valence-electron chi connectivity index (χ2n) is 7.43. The first kappa shape index (κ1) is 17.5. The van der Waals surface area contributed by atoms with Crippen molar-refractivity contribution >= 4 is 44.3 Å². The molecule has 1 N–H and O–H groups in total. The van der Waals surface area contributed by atoms with Gasteiger partial charge in [0.15, 0.2) is 5.65 Å². The molecule has 6 aromatic rings. The lowest BCUT2D eigenvalue weighted by Crippen LogP contribution is -1.97. The summed E-state index contributed by atoms with van der Waals surface area (Å²) in [5.74, 6) is 0. The number of aryl methyl sites for hydroxylation is 1. The summed E-state index contributed by atoms with van der Waals surface area (Å²) in [5, 5.41) is 14.5. The number of hydrogen-bond donors (Lipinski definition) is 1. The van der Waals surface area contributed by atoms with Crippen molar-refractivity contribution < 1.29 is 0 Å². The first-order valence-electron chi connectivity index (χ1n) is 10.1. The van der Waals surface area contributed by atoms with Crippen LogP contribution in [-0.4, -0.2) is 19.7 Å². The largest absolute Gasteiger partial charge is 0.294 e. The summed E-state index contributed by atoms with van der Waals surface area (Å²) in [6, 6.07) is 28.0. The van der Waals surface area contributed by atoms with Gasteiger partial charge in [-0.1, -0.05) is 60.7 Å². The van der Waals surface area contributed by atoms with Gasteiger partial charge in [0.1, 0.15) is 22.2 Å². The quantitative estimate of drug-likeness (QED) is 0.331. The Morgan fingerprint density at radius 1 is 0.677 bits per heavy atom. The summed E-state index contributed by atoms with van der Waals surface area (Å²) in [5.41, 5.74) is 6.70. The van der Waals surface area contributed by atoms with Crippen LogP contribution in [0.1, 0.15) is 5.69 Å². The molecule has 0 radical (unpaired) electrons. The van der Waals surface area contributed by atoms with E-state index >= 15 is 0 Å². The number of H-pyrrole nitrogens is 1. The highest BCUT2D eigenvalue weighted by Gasteiger charge is 2.19. The van der Waals surface area contributed by atoms with Crippen molar-refractivity contribution in [2.45, 2.75) is 6.92 Å². The zero-order valence-corrected chi connectivity index (χ0v) is 16.8. The normalized spacial score (nSPS) is 11.9. The Bertz CT molecular complexity index is 1580. The fraction of sp³-hybridized carbons (Fsp3) is 0.0400. The lowest BCUT2D eigenvalue weighted by atomic mass is 10.2. The summed E-state index contributed by atoms with van der Waals surface area (Å²) in [7, 11) is 0. The highest BCUT2D eigenvalue weighted by molar-refractivity contribution is 6.19. The maximum Gasteiger partial charge on any atom is 0.180 e. The minimum absolute atomic E-state index is 0.746. The third-order valence-corrected chi connectivity index (χ3v) is 5.42. The summed E-state index contributed by atoms with van der Waals surface area (Å²) in [6.07, 6.45) is 0. The highest BCUT2D eigenvalue weighted by Crippen LogP contribution is 2.39. The van der Waals surface area contributed by atoms with E-state index in [2.05, 4.69) is 21.4 Å². The van der Waals surface area contributed by atoms with Crippen LogP contribution in [0.25, 0.3) is 38.7 Å². The molecule has 0 aliphatic heterocycles. The van der Waals surface area contributed by atoms with E-state index in [-0.39, 0.29) is 0 Å². The van der Waals surface area contributed by atoms with Crippen molar-refractivity contribution in [1.82, 2.24) is 19.7 Å². The number of nitrogens with zero attached hydrogens (tertiary/aromatic N) is 5. The number of azo groups is 1. The number of nitrogens with one attached hydrogen (secondary N) is 1. The van der Waals surface area contributed by atoms with Crippen molar-refractivity contribution in [3.8, 4) is 5.69 Å². The molecule has 0 saturated heterocycles. The van der Waals surface area contributed by atoms with Crippen LogP contribution in [0.4, 0.5) is 11.4 Å². The van der Waals surface area contributed by atoms with Gasteiger partial charge in [-0.05, 0) is 31.2 Å². The SMILES string of the molecule is Cc1[nH]n(-c2ccccc2)c2nc3c(nc12)c(N=Nc1ccccc1)c1ccccc13. The maximum atomic E-state index is 5.05. The van der Waals surface area contributed by atoms with E-state index in [4.69, 9.17) is 9.97 Å². The Hall–Kier alpha value is -4.32. The van der Waals surface area contributed by atoms with Crippen LogP contribution in [0.3, 0.4) is 0 Å². The van der Waals surface area contributed by atoms with E-state index in [9.17, 15) is 0 Å². The van der Waals surface area contributed by atoms with Crippen molar-refractivity contribution in [3.63, 3.8) is 0 Å². The van der Waals surface area contributed by atoms with Gasteiger partial charge in [0.05, 0.1) is 17.1 Å². The van der Waals surface area contributed by atoms with Gasteiger partial charge in [-0.25, -0.2) is 14.6 Å². The van der Waals surface area contributed by atoms with Gasteiger partial charge in [0.2, 0.25) is 0 Å². The summed E-state index contributed by atoms with van der Waals surface area (Å²) >= 11 is 0. The molecule has 0 unspecified atom stereocenters. The molecule has 6 heteroatoms. The number of fused-ring (bicyclic) bond motifs is 4. The maximum absolute atomic E-state index is 5.05. The molecule has 6 nitrogen and oxygen atoms in total. The van der Waals surface area contributed by atoms with Crippen LogP contribution in [0.2, 0.25) is 0 Å². The van der Waals surface area contributed by atoms with Crippen LogP contribution >= 0.6 is 0 Å². The van der Waals surface area contributed by atoms with E-state index in [1.807, 2.05) is 90.5 Å². The van der Waals surface area contributed by atoms with E-state index < -0.39 is 0 Å². The lowest BCUT2D eigenvalue weighted by molar-refractivity contribution is 0.879. The van der Waals surface area contributed by atoms with Gasteiger partial charge in [0.25, 0.3) is 0 Å². The summed E-state index contributed by atoms with van der Waals surface area (Å²) in [4.78, 5) is 10.1. The third kappa shape index (κ3) is 2.80. The first-order valence-corrected chi connectivity index (χ1v) is 10.1. The van der Waals surface area contributed by atoms with E-state index in [1.165, 1.54) is 0 Å². The molecule has 4 aromatic carbocycles. The van der Waals surface area contributed by atoms with Crippen molar-refractivity contribution in [2.75, 3.05) is 0 Å². The van der Waals surface area contributed by atoms with Crippen molar-refractivity contribution in [2.24, 2.45) is 10.2 Å². The number of aromatic amines is 1. The molecule has 2 heterocycles. The number of hydrogen-bond acceptors (Lipinski definition) is 4. The van der Waals surface area contributed by atoms with E-state index in [1.54, 1.807) is 0 Å². The Kier molecular flexibility index (Phi) is 3.89. The number of benzene rings is 3. The summed E-state index contributed by atoms with van der Waals surface area (Å²) < 4.78 is 1.98. The second kappa shape index (κ2) is 6.88. The number of para-hydroxylation sites is 1. The highest BCUT2D eigenvalue weighted by atomic mass is 15.3. The minimum Gasteiger partial charge on any atom is -0.294 e. The average molecular weight is 402 g/mol. The number of rotatable bonds is 3. The third-order valence-electron chi connectivity index (χ3n) is 5.42. The van der Waals surface area contributed by atoms with Crippen LogP contribution in [-0.2, 0) is 0 Å². The molecule has 0 aliphatic rings. The molecule has 0 bridgehead atoms. The van der Waals surface area contributed by atoms with Gasteiger partial charge in [0, 0.05) is 10.8 Å². The van der Waals surface area contributed by atoms with E-state index in [0.717, 1.165) is 55.7 Å². The molecule has 0 saturated carbocycles. The monoisotopic (exact) mass is 402 g/mol. The predicted molar refractivity (Wildman–Crippen MR) is 124 cm³/mol. The lowest BCUT2D eigenvalue weighted by Gasteiger charge is -2.03. The molecule has 0 amide bonds. The topological polar surface area (TPSA) is 71.2 Å². The first-order chi connectivity index (χ1) is 15.3. The molecule has 0 atom stereocenters. The standard InChI is InChI=1S/C25H18N6/c1-16-21-25(31(30-16)18-12-6-3-7-13-18)27-22-19-14-8-9-15-20(19)23(24(22)26-21)29-28-17-10-4-2-5-11-17/h2-15,30H,1H3. The molecule has 2 aromatic heterocycles. The van der Waals surface area contributed by atoms with Crippen LogP contribution in [0.15, 0.2) is 95.2 Å². The minimum atomic E-state index is 0.746. The van der Waals surface area contributed by atoms with Crippen LogP contribution in [0, 0.1) is 6.92 Å². The molecule has 0 fully saturated rings. The molecule has 148 valence electrons. The molecule has 6 rings (SSSR count). The fourth-order valence-corrected chi connectivity index (χ4v) is 3.95. The zero-order valence-electron chi connectivity index (χ0n) is 16.8. The fourth-order valence-electron chi connectivity index (χ4n) is 3.95. The van der Waals surface area contributed by atoms with Gasteiger partial charge in [-0.15, -0.1) is 5.11 Å². The van der Waals surface area contributed by atoms with Gasteiger partial charge >= 0.3 is 0 Å². The van der Waals surface area contributed by atoms with Crippen molar-refractivity contribution in [1.29, 1.82) is 0 Å².